The molecule has 1 heterocycles. The van der Waals surface area contributed by atoms with Crippen molar-refractivity contribution in [2.75, 3.05) is 37.2 Å². The molecule has 0 aromatic heterocycles. The highest BCUT2D eigenvalue weighted by atomic mass is 15.1. The number of nitrogen functional groups attached to an aromatic ring is 1. The second kappa shape index (κ2) is 6.64. The van der Waals surface area contributed by atoms with Gasteiger partial charge in [-0.25, -0.2) is 0 Å². The minimum Gasteiger partial charge on any atom is -0.399 e. The number of nitrogens with two attached hydrogens (primary N) is 1. The minimum absolute atomic E-state index is 0.831. The summed E-state index contributed by atoms with van der Waals surface area (Å²) in [6.07, 6.45) is 5.52. The zero-order chi connectivity index (χ0) is 12.8. The van der Waals surface area contributed by atoms with Crippen molar-refractivity contribution >= 4 is 11.4 Å². The Morgan fingerprint density at radius 2 is 1.89 bits per heavy atom. The SMILES string of the molecule is Cc1ccc(N)cc1NCCN1CCCCCC1. The Balaban J connectivity index is 1.78. The van der Waals surface area contributed by atoms with Crippen LogP contribution >= 0.6 is 0 Å². The monoisotopic (exact) mass is 247 g/mol. The molecule has 100 valence electrons. The van der Waals surface area contributed by atoms with Crippen molar-refractivity contribution in [2.24, 2.45) is 0 Å². The Morgan fingerprint density at radius 3 is 2.61 bits per heavy atom. The number of aryl methyl sites for hydroxylation is 1. The van der Waals surface area contributed by atoms with Crippen molar-refractivity contribution in [1.82, 2.24) is 4.90 Å². The molecule has 0 saturated carbocycles. The molecular formula is C15H25N3. The Bertz CT molecular complexity index is 368. The van der Waals surface area contributed by atoms with Gasteiger partial charge in [-0.3, -0.25) is 0 Å². The van der Waals surface area contributed by atoms with Gasteiger partial charge in [0, 0.05) is 24.5 Å². The largest absolute Gasteiger partial charge is 0.399 e. The van der Waals surface area contributed by atoms with Crippen LogP contribution in [-0.4, -0.2) is 31.1 Å². The molecule has 0 atom stereocenters. The lowest BCUT2D eigenvalue weighted by atomic mass is 10.2. The van der Waals surface area contributed by atoms with Gasteiger partial charge >= 0.3 is 0 Å². The van der Waals surface area contributed by atoms with Crippen molar-refractivity contribution < 1.29 is 0 Å². The molecule has 3 heteroatoms. The lowest BCUT2D eigenvalue weighted by Crippen LogP contribution is -2.30. The normalized spacial score (nSPS) is 17.4. The Kier molecular flexibility index (Phi) is 4.88. The Morgan fingerprint density at radius 1 is 1.17 bits per heavy atom. The number of hydrogen-bond acceptors (Lipinski definition) is 3. The fraction of sp³-hybridized carbons (Fsp3) is 0.600. The molecule has 1 saturated heterocycles. The Labute approximate surface area is 110 Å². The summed E-state index contributed by atoms with van der Waals surface area (Å²) in [4.78, 5) is 2.57. The van der Waals surface area contributed by atoms with E-state index in [-0.39, 0.29) is 0 Å². The van der Waals surface area contributed by atoms with Crippen LogP contribution in [0, 0.1) is 6.92 Å². The molecular weight excluding hydrogens is 222 g/mol. The van der Waals surface area contributed by atoms with Gasteiger partial charge in [0.15, 0.2) is 0 Å². The van der Waals surface area contributed by atoms with Crippen molar-refractivity contribution in [1.29, 1.82) is 0 Å². The van der Waals surface area contributed by atoms with Crippen LogP contribution in [0.1, 0.15) is 31.2 Å². The van der Waals surface area contributed by atoms with Gasteiger partial charge in [-0.15, -0.1) is 0 Å². The lowest BCUT2D eigenvalue weighted by molar-refractivity contribution is 0.296. The fourth-order valence-corrected chi connectivity index (χ4v) is 2.54. The molecule has 2 rings (SSSR count). The molecule has 0 spiro atoms. The van der Waals surface area contributed by atoms with E-state index in [4.69, 9.17) is 5.73 Å². The molecule has 0 amide bonds. The first-order valence-electron chi connectivity index (χ1n) is 7.08. The van der Waals surface area contributed by atoms with E-state index >= 15 is 0 Å². The molecule has 1 aliphatic rings. The zero-order valence-corrected chi connectivity index (χ0v) is 11.4. The standard InChI is InChI=1S/C15H25N3/c1-13-6-7-14(16)12-15(13)17-8-11-18-9-4-2-3-5-10-18/h6-7,12,17H,2-5,8-11,16H2,1H3. The number of rotatable bonds is 4. The van der Waals surface area contributed by atoms with Gasteiger partial charge in [0.2, 0.25) is 0 Å². The first-order valence-corrected chi connectivity index (χ1v) is 7.08. The average Bonchev–Trinajstić information content (AvgIpc) is 2.62. The third-order valence-electron chi connectivity index (χ3n) is 3.70. The molecule has 18 heavy (non-hydrogen) atoms. The summed E-state index contributed by atoms with van der Waals surface area (Å²) >= 11 is 0. The quantitative estimate of drug-likeness (QED) is 0.804. The number of nitrogens with zero attached hydrogens (tertiary/aromatic N) is 1. The number of nitrogens with one attached hydrogen (secondary N) is 1. The van der Waals surface area contributed by atoms with E-state index < -0.39 is 0 Å². The van der Waals surface area contributed by atoms with E-state index in [1.54, 1.807) is 0 Å². The van der Waals surface area contributed by atoms with Gasteiger partial charge in [0.05, 0.1) is 0 Å². The van der Waals surface area contributed by atoms with E-state index in [9.17, 15) is 0 Å². The fourth-order valence-electron chi connectivity index (χ4n) is 2.54. The summed E-state index contributed by atoms with van der Waals surface area (Å²) in [5, 5.41) is 3.50. The maximum atomic E-state index is 5.81. The number of hydrogen-bond donors (Lipinski definition) is 2. The minimum atomic E-state index is 0.831. The summed E-state index contributed by atoms with van der Waals surface area (Å²) < 4.78 is 0. The van der Waals surface area contributed by atoms with Gasteiger partial charge in [-0.2, -0.15) is 0 Å². The summed E-state index contributed by atoms with van der Waals surface area (Å²) in [5.41, 5.74) is 9.08. The summed E-state index contributed by atoms with van der Waals surface area (Å²) in [7, 11) is 0. The van der Waals surface area contributed by atoms with Crippen LogP contribution in [0.4, 0.5) is 11.4 Å². The number of benzene rings is 1. The molecule has 1 aromatic rings. The maximum absolute atomic E-state index is 5.81. The zero-order valence-electron chi connectivity index (χ0n) is 11.4. The highest BCUT2D eigenvalue weighted by Crippen LogP contribution is 2.17. The number of anilines is 2. The van der Waals surface area contributed by atoms with Crippen molar-refractivity contribution in [2.45, 2.75) is 32.6 Å². The highest BCUT2D eigenvalue weighted by Gasteiger charge is 2.08. The first-order chi connectivity index (χ1) is 8.75. The van der Waals surface area contributed by atoms with Crippen LogP contribution in [0.25, 0.3) is 0 Å². The van der Waals surface area contributed by atoms with E-state index in [0.717, 1.165) is 18.8 Å². The molecule has 3 N–H and O–H groups in total. The van der Waals surface area contributed by atoms with Crippen LogP contribution in [0.5, 0.6) is 0 Å². The summed E-state index contributed by atoms with van der Waals surface area (Å²) in [6.45, 7) is 6.78. The van der Waals surface area contributed by atoms with Crippen molar-refractivity contribution in [3.8, 4) is 0 Å². The van der Waals surface area contributed by atoms with Crippen molar-refractivity contribution in [3.05, 3.63) is 23.8 Å². The average molecular weight is 247 g/mol. The predicted octanol–water partition coefficient (Wildman–Crippen LogP) is 2.87. The third kappa shape index (κ3) is 3.91. The second-order valence-electron chi connectivity index (χ2n) is 5.26. The van der Waals surface area contributed by atoms with E-state index in [1.807, 2.05) is 12.1 Å². The van der Waals surface area contributed by atoms with Crippen molar-refractivity contribution in [3.63, 3.8) is 0 Å². The topological polar surface area (TPSA) is 41.3 Å². The molecule has 0 bridgehead atoms. The van der Waals surface area contributed by atoms with Gasteiger partial charge < -0.3 is 16.0 Å². The number of likely N-dealkylation sites (tertiary alicyclic amines) is 1. The Hall–Kier alpha value is -1.22. The van der Waals surface area contributed by atoms with Gasteiger partial charge in [-0.1, -0.05) is 18.9 Å². The first kappa shape index (κ1) is 13.2. The molecule has 0 unspecified atom stereocenters. The molecule has 1 fully saturated rings. The highest BCUT2D eigenvalue weighted by molar-refractivity contribution is 5.59. The van der Waals surface area contributed by atoms with Crippen LogP contribution in [-0.2, 0) is 0 Å². The summed E-state index contributed by atoms with van der Waals surface area (Å²) in [6, 6.07) is 6.05. The van der Waals surface area contributed by atoms with Crippen LogP contribution in [0.15, 0.2) is 18.2 Å². The maximum Gasteiger partial charge on any atom is 0.0390 e. The molecule has 0 radical (unpaired) electrons. The molecule has 1 aromatic carbocycles. The van der Waals surface area contributed by atoms with Crippen LogP contribution in [0.2, 0.25) is 0 Å². The smallest absolute Gasteiger partial charge is 0.0390 e. The van der Waals surface area contributed by atoms with Crippen LogP contribution < -0.4 is 11.1 Å². The molecule has 3 nitrogen and oxygen atoms in total. The van der Waals surface area contributed by atoms with Gasteiger partial charge in [-0.05, 0) is 50.6 Å². The van der Waals surface area contributed by atoms with E-state index in [2.05, 4.69) is 23.2 Å². The lowest BCUT2D eigenvalue weighted by Gasteiger charge is -2.20. The molecule has 0 aliphatic carbocycles. The van der Waals surface area contributed by atoms with Gasteiger partial charge in [0.1, 0.15) is 0 Å². The van der Waals surface area contributed by atoms with E-state index in [1.165, 1.54) is 50.0 Å². The third-order valence-corrected chi connectivity index (χ3v) is 3.70. The van der Waals surface area contributed by atoms with E-state index in [0.29, 0.717) is 0 Å². The second-order valence-corrected chi connectivity index (χ2v) is 5.26. The molecule has 1 aliphatic heterocycles. The van der Waals surface area contributed by atoms with Gasteiger partial charge in [0.25, 0.3) is 0 Å². The summed E-state index contributed by atoms with van der Waals surface area (Å²) in [5.74, 6) is 0. The predicted molar refractivity (Wildman–Crippen MR) is 79.0 cm³/mol. The van der Waals surface area contributed by atoms with Crippen LogP contribution in [0.3, 0.4) is 0 Å².